The van der Waals surface area contributed by atoms with Gasteiger partial charge < -0.3 is 11.5 Å². The van der Waals surface area contributed by atoms with E-state index in [1.165, 1.54) is 5.56 Å². The van der Waals surface area contributed by atoms with Crippen molar-refractivity contribution in [3.63, 3.8) is 0 Å². The third-order valence-electron chi connectivity index (χ3n) is 2.10. The molecule has 4 N–H and O–H groups in total. The molecular weight excluding hydrogens is 136 g/mol. The first-order chi connectivity index (χ1) is 5.16. The normalized spacial score (nSPS) is 10.1. The fourth-order valence-corrected chi connectivity index (χ4v) is 1.07. The van der Waals surface area contributed by atoms with Crippen LogP contribution in [-0.2, 0) is 6.54 Å². The van der Waals surface area contributed by atoms with E-state index in [1.54, 1.807) is 0 Å². The van der Waals surface area contributed by atoms with E-state index in [0.717, 1.165) is 16.8 Å². The highest BCUT2D eigenvalue weighted by Gasteiger charge is 2.01. The molecule has 0 unspecified atom stereocenters. The van der Waals surface area contributed by atoms with Gasteiger partial charge in [0.2, 0.25) is 0 Å². The second-order valence-corrected chi connectivity index (χ2v) is 2.78. The van der Waals surface area contributed by atoms with E-state index in [2.05, 4.69) is 0 Å². The van der Waals surface area contributed by atoms with E-state index in [1.807, 2.05) is 26.0 Å². The lowest BCUT2D eigenvalue weighted by atomic mass is 10.0. The Morgan fingerprint density at radius 1 is 1.27 bits per heavy atom. The van der Waals surface area contributed by atoms with Crippen molar-refractivity contribution >= 4 is 5.69 Å². The summed E-state index contributed by atoms with van der Waals surface area (Å²) in [6.07, 6.45) is 0. The molecule has 0 heterocycles. The maximum absolute atomic E-state index is 5.81. The summed E-state index contributed by atoms with van der Waals surface area (Å²) < 4.78 is 0. The van der Waals surface area contributed by atoms with Crippen molar-refractivity contribution in [1.82, 2.24) is 0 Å². The Morgan fingerprint density at radius 3 is 2.45 bits per heavy atom. The lowest BCUT2D eigenvalue weighted by Gasteiger charge is -2.08. The number of aryl methyl sites for hydroxylation is 1. The molecule has 0 atom stereocenters. The van der Waals surface area contributed by atoms with E-state index < -0.39 is 0 Å². The monoisotopic (exact) mass is 150 g/mol. The minimum Gasteiger partial charge on any atom is -0.398 e. The average molecular weight is 150 g/mol. The van der Waals surface area contributed by atoms with Crippen LogP contribution < -0.4 is 11.5 Å². The van der Waals surface area contributed by atoms with Crippen LogP contribution in [0.3, 0.4) is 0 Å². The predicted octanol–water partition coefficient (Wildman–Crippen LogP) is 1.34. The second kappa shape index (κ2) is 2.93. The van der Waals surface area contributed by atoms with Gasteiger partial charge in [-0.05, 0) is 30.5 Å². The molecule has 0 amide bonds. The molecule has 0 saturated heterocycles. The molecule has 2 nitrogen and oxygen atoms in total. The summed E-state index contributed by atoms with van der Waals surface area (Å²) in [5, 5.41) is 0. The highest BCUT2D eigenvalue weighted by molar-refractivity contribution is 5.56. The first-order valence-electron chi connectivity index (χ1n) is 3.71. The summed E-state index contributed by atoms with van der Waals surface area (Å²) in [5.41, 5.74) is 15.5. The van der Waals surface area contributed by atoms with Crippen LogP contribution in [0, 0.1) is 13.8 Å². The molecule has 1 aromatic rings. The Morgan fingerprint density at radius 2 is 1.91 bits per heavy atom. The van der Waals surface area contributed by atoms with Gasteiger partial charge in [-0.25, -0.2) is 0 Å². The minimum atomic E-state index is 0.521. The van der Waals surface area contributed by atoms with Crippen molar-refractivity contribution in [2.24, 2.45) is 5.73 Å². The minimum absolute atomic E-state index is 0.521. The number of rotatable bonds is 1. The number of hydrogen-bond donors (Lipinski definition) is 2. The molecule has 0 aromatic heterocycles. The van der Waals surface area contributed by atoms with E-state index >= 15 is 0 Å². The third-order valence-corrected chi connectivity index (χ3v) is 2.10. The van der Waals surface area contributed by atoms with Crippen molar-refractivity contribution in [3.8, 4) is 0 Å². The van der Waals surface area contributed by atoms with Crippen LogP contribution in [0.15, 0.2) is 12.1 Å². The maximum Gasteiger partial charge on any atom is 0.0391 e. The van der Waals surface area contributed by atoms with Gasteiger partial charge in [0, 0.05) is 12.2 Å². The zero-order chi connectivity index (χ0) is 8.43. The molecule has 60 valence electrons. The van der Waals surface area contributed by atoms with Gasteiger partial charge in [0.15, 0.2) is 0 Å². The molecule has 0 aliphatic carbocycles. The quantitative estimate of drug-likeness (QED) is 0.594. The van der Waals surface area contributed by atoms with E-state index in [9.17, 15) is 0 Å². The van der Waals surface area contributed by atoms with Gasteiger partial charge in [0.25, 0.3) is 0 Å². The van der Waals surface area contributed by atoms with E-state index in [0.29, 0.717) is 6.54 Å². The van der Waals surface area contributed by atoms with Crippen molar-refractivity contribution < 1.29 is 0 Å². The lowest BCUT2D eigenvalue weighted by molar-refractivity contribution is 1.07. The van der Waals surface area contributed by atoms with E-state index in [4.69, 9.17) is 11.5 Å². The number of benzene rings is 1. The van der Waals surface area contributed by atoms with E-state index in [-0.39, 0.29) is 0 Å². The SMILES string of the molecule is Cc1ccc(CN)c(N)c1C. The lowest BCUT2D eigenvalue weighted by Crippen LogP contribution is -2.03. The first-order valence-corrected chi connectivity index (χ1v) is 3.71. The smallest absolute Gasteiger partial charge is 0.0391 e. The Labute approximate surface area is 67.2 Å². The molecule has 0 spiro atoms. The fourth-order valence-electron chi connectivity index (χ4n) is 1.07. The van der Waals surface area contributed by atoms with Gasteiger partial charge in [-0.15, -0.1) is 0 Å². The molecule has 0 fully saturated rings. The number of hydrogen-bond acceptors (Lipinski definition) is 2. The molecule has 11 heavy (non-hydrogen) atoms. The molecule has 1 aromatic carbocycles. The van der Waals surface area contributed by atoms with Gasteiger partial charge in [-0.2, -0.15) is 0 Å². The van der Waals surface area contributed by atoms with Crippen molar-refractivity contribution in [2.75, 3.05) is 5.73 Å². The number of nitrogen functional groups attached to an aromatic ring is 1. The number of anilines is 1. The molecule has 0 aliphatic heterocycles. The first kappa shape index (κ1) is 8.08. The second-order valence-electron chi connectivity index (χ2n) is 2.78. The van der Waals surface area contributed by atoms with Crippen LogP contribution in [0.25, 0.3) is 0 Å². The predicted molar refractivity (Wildman–Crippen MR) is 48.2 cm³/mol. The Kier molecular flexibility index (Phi) is 2.15. The van der Waals surface area contributed by atoms with Crippen LogP contribution in [0.5, 0.6) is 0 Å². The average Bonchev–Trinajstić information content (AvgIpc) is 2.01. The molecule has 0 aliphatic rings. The van der Waals surface area contributed by atoms with Crippen LogP contribution >= 0.6 is 0 Å². The van der Waals surface area contributed by atoms with Crippen LogP contribution in [0.2, 0.25) is 0 Å². The Balaban J connectivity index is 3.25. The highest BCUT2D eigenvalue weighted by Crippen LogP contribution is 2.19. The standard InChI is InChI=1S/C9H14N2/c1-6-3-4-8(5-10)9(11)7(6)2/h3-4H,5,10-11H2,1-2H3. The molecule has 0 saturated carbocycles. The summed E-state index contributed by atoms with van der Waals surface area (Å²) >= 11 is 0. The third kappa shape index (κ3) is 1.35. The molecule has 0 bridgehead atoms. The summed E-state index contributed by atoms with van der Waals surface area (Å²) in [4.78, 5) is 0. The van der Waals surface area contributed by atoms with Crippen LogP contribution in [-0.4, -0.2) is 0 Å². The van der Waals surface area contributed by atoms with Gasteiger partial charge >= 0.3 is 0 Å². The molecule has 2 heteroatoms. The zero-order valence-electron chi connectivity index (χ0n) is 7.02. The van der Waals surface area contributed by atoms with Gasteiger partial charge in [-0.1, -0.05) is 12.1 Å². The largest absolute Gasteiger partial charge is 0.398 e. The Hall–Kier alpha value is -1.02. The van der Waals surface area contributed by atoms with Crippen LogP contribution in [0.4, 0.5) is 5.69 Å². The van der Waals surface area contributed by atoms with Gasteiger partial charge in [0.1, 0.15) is 0 Å². The Bertz CT molecular complexity index is 267. The van der Waals surface area contributed by atoms with Crippen molar-refractivity contribution in [2.45, 2.75) is 20.4 Å². The topological polar surface area (TPSA) is 52.0 Å². The molecule has 0 radical (unpaired) electrons. The van der Waals surface area contributed by atoms with Gasteiger partial charge in [0.05, 0.1) is 0 Å². The molecular formula is C9H14N2. The summed E-state index contributed by atoms with van der Waals surface area (Å²) in [7, 11) is 0. The summed E-state index contributed by atoms with van der Waals surface area (Å²) in [6.45, 7) is 4.59. The summed E-state index contributed by atoms with van der Waals surface area (Å²) in [6, 6.07) is 4.03. The maximum atomic E-state index is 5.81. The van der Waals surface area contributed by atoms with Crippen molar-refractivity contribution in [3.05, 3.63) is 28.8 Å². The number of nitrogens with two attached hydrogens (primary N) is 2. The zero-order valence-corrected chi connectivity index (χ0v) is 7.02. The van der Waals surface area contributed by atoms with Gasteiger partial charge in [-0.3, -0.25) is 0 Å². The molecule has 1 rings (SSSR count). The fraction of sp³-hybridized carbons (Fsp3) is 0.333. The summed E-state index contributed by atoms with van der Waals surface area (Å²) in [5.74, 6) is 0. The van der Waals surface area contributed by atoms with Crippen molar-refractivity contribution in [1.29, 1.82) is 0 Å². The van der Waals surface area contributed by atoms with Crippen LogP contribution in [0.1, 0.15) is 16.7 Å². The highest BCUT2D eigenvalue weighted by atomic mass is 14.6.